The van der Waals surface area contributed by atoms with E-state index in [-0.39, 0.29) is 31.1 Å². The first-order chi connectivity index (χ1) is 9.88. The standard InChI is InChI=1S/C15H22N2O4/c1-9-8-13(11(3)21-9)10(2)16-15(20)17(12-4-5-12)7-6-14(18)19/h8,10,12H,4-7H2,1-3H3,(H,16,20)(H,18,19). The molecule has 2 amide bonds. The molecule has 1 fully saturated rings. The van der Waals surface area contributed by atoms with Crippen molar-refractivity contribution in [1.82, 2.24) is 10.2 Å². The van der Waals surface area contributed by atoms with Crippen molar-refractivity contribution in [2.24, 2.45) is 0 Å². The molecule has 0 radical (unpaired) electrons. The summed E-state index contributed by atoms with van der Waals surface area (Å²) in [5, 5.41) is 11.7. The number of urea groups is 1. The molecule has 1 aromatic rings. The van der Waals surface area contributed by atoms with Crippen molar-refractivity contribution < 1.29 is 19.1 Å². The van der Waals surface area contributed by atoms with Gasteiger partial charge in [0.1, 0.15) is 11.5 Å². The molecule has 2 N–H and O–H groups in total. The molecule has 1 aliphatic carbocycles. The lowest BCUT2D eigenvalue weighted by Gasteiger charge is -2.24. The Bertz CT molecular complexity index is 534. The van der Waals surface area contributed by atoms with Crippen LogP contribution in [0, 0.1) is 13.8 Å². The first-order valence-corrected chi connectivity index (χ1v) is 7.24. The molecule has 1 aliphatic rings. The number of nitrogens with zero attached hydrogens (tertiary/aromatic N) is 1. The molecule has 2 rings (SSSR count). The Kier molecular flexibility index (Phi) is 4.55. The van der Waals surface area contributed by atoms with Crippen molar-refractivity contribution in [1.29, 1.82) is 0 Å². The van der Waals surface area contributed by atoms with Gasteiger partial charge < -0.3 is 19.7 Å². The Balaban J connectivity index is 1.97. The van der Waals surface area contributed by atoms with Gasteiger partial charge in [0.25, 0.3) is 0 Å². The van der Waals surface area contributed by atoms with E-state index in [9.17, 15) is 9.59 Å². The van der Waals surface area contributed by atoms with Gasteiger partial charge in [-0.2, -0.15) is 0 Å². The van der Waals surface area contributed by atoms with Crippen LogP contribution in [-0.2, 0) is 4.79 Å². The SMILES string of the molecule is Cc1cc(C(C)NC(=O)N(CCC(=O)O)C2CC2)c(C)o1. The van der Waals surface area contributed by atoms with Crippen molar-refractivity contribution >= 4 is 12.0 Å². The van der Waals surface area contributed by atoms with E-state index < -0.39 is 5.97 Å². The fourth-order valence-corrected chi connectivity index (χ4v) is 2.48. The van der Waals surface area contributed by atoms with E-state index in [0.29, 0.717) is 0 Å². The fraction of sp³-hybridized carbons (Fsp3) is 0.600. The highest BCUT2D eigenvalue weighted by Crippen LogP contribution is 2.28. The van der Waals surface area contributed by atoms with Crippen LogP contribution in [0.15, 0.2) is 10.5 Å². The second-order valence-electron chi connectivity index (χ2n) is 5.61. The minimum absolute atomic E-state index is 0.0256. The number of nitrogens with one attached hydrogen (secondary N) is 1. The number of hydrogen-bond acceptors (Lipinski definition) is 3. The Morgan fingerprint density at radius 3 is 2.62 bits per heavy atom. The monoisotopic (exact) mass is 294 g/mol. The summed E-state index contributed by atoms with van der Waals surface area (Å²) in [5.74, 6) is 0.722. The average molecular weight is 294 g/mol. The van der Waals surface area contributed by atoms with Crippen molar-refractivity contribution in [3.05, 3.63) is 23.2 Å². The number of carbonyl (C=O) groups excluding carboxylic acids is 1. The first kappa shape index (κ1) is 15.4. The summed E-state index contributed by atoms with van der Waals surface area (Å²) in [5.41, 5.74) is 0.954. The molecule has 21 heavy (non-hydrogen) atoms. The molecule has 0 bridgehead atoms. The lowest BCUT2D eigenvalue weighted by molar-refractivity contribution is -0.137. The van der Waals surface area contributed by atoms with E-state index >= 15 is 0 Å². The summed E-state index contributed by atoms with van der Waals surface area (Å²) in [6, 6.07) is 1.73. The van der Waals surface area contributed by atoms with Crippen molar-refractivity contribution in [3.63, 3.8) is 0 Å². The molecule has 1 aromatic heterocycles. The van der Waals surface area contributed by atoms with Crippen molar-refractivity contribution in [2.45, 2.75) is 52.1 Å². The molecule has 116 valence electrons. The van der Waals surface area contributed by atoms with Gasteiger partial charge in [0, 0.05) is 18.2 Å². The zero-order valence-corrected chi connectivity index (χ0v) is 12.7. The second kappa shape index (κ2) is 6.20. The van der Waals surface area contributed by atoms with Gasteiger partial charge in [-0.3, -0.25) is 4.79 Å². The van der Waals surface area contributed by atoms with Crippen LogP contribution < -0.4 is 5.32 Å². The molecular formula is C15H22N2O4. The third-order valence-electron chi connectivity index (χ3n) is 3.70. The Labute approximate surface area is 124 Å². The van der Waals surface area contributed by atoms with Crippen molar-refractivity contribution in [3.8, 4) is 0 Å². The zero-order chi connectivity index (χ0) is 15.6. The predicted molar refractivity (Wildman–Crippen MR) is 77.1 cm³/mol. The largest absolute Gasteiger partial charge is 0.481 e. The number of carboxylic acid groups (broad SMARTS) is 1. The molecule has 6 heteroatoms. The Morgan fingerprint density at radius 2 is 2.14 bits per heavy atom. The van der Waals surface area contributed by atoms with Crippen LogP contribution in [0.25, 0.3) is 0 Å². The third-order valence-corrected chi connectivity index (χ3v) is 3.70. The number of hydrogen-bond donors (Lipinski definition) is 2. The summed E-state index contributed by atoms with van der Waals surface area (Å²) in [6.45, 7) is 5.89. The summed E-state index contributed by atoms with van der Waals surface area (Å²) in [4.78, 5) is 24.7. The molecule has 0 saturated heterocycles. The van der Waals surface area contributed by atoms with Gasteiger partial charge >= 0.3 is 12.0 Å². The Hall–Kier alpha value is -1.98. The molecular weight excluding hydrogens is 272 g/mol. The minimum atomic E-state index is -0.886. The van der Waals surface area contributed by atoms with Gasteiger partial charge in [-0.25, -0.2) is 4.79 Å². The second-order valence-corrected chi connectivity index (χ2v) is 5.61. The van der Waals surface area contributed by atoms with E-state index in [1.807, 2.05) is 26.8 Å². The molecule has 0 aliphatic heterocycles. The van der Waals surface area contributed by atoms with Gasteiger partial charge in [0.2, 0.25) is 0 Å². The van der Waals surface area contributed by atoms with E-state index in [1.54, 1.807) is 4.90 Å². The summed E-state index contributed by atoms with van der Waals surface area (Å²) >= 11 is 0. The van der Waals surface area contributed by atoms with Crippen LogP contribution in [0.3, 0.4) is 0 Å². The molecule has 0 aromatic carbocycles. The molecule has 6 nitrogen and oxygen atoms in total. The lowest BCUT2D eigenvalue weighted by Crippen LogP contribution is -2.43. The average Bonchev–Trinajstić information content (AvgIpc) is 3.14. The van der Waals surface area contributed by atoms with E-state index in [4.69, 9.17) is 9.52 Å². The maximum atomic E-state index is 12.3. The van der Waals surface area contributed by atoms with Crippen LogP contribution in [-0.4, -0.2) is 34.6 Å². The van der Waals surface area contributed by atoms with Crippen LogP contribution >= 0.6 is 0 Å². The fourth-order valence-electron chi connectivity index (χ4n) is 2.48. The summed E-state index contributed by atoms with van der Waals surface area (Å²) < 4.78 is 5.47. The van der Waals surface area contributed by atoms with Crippen LogP contribution in [0.2, 0.25) is 0 Å². The molecule has 1 saturated carbocycles. The molecule has 0 spiro atoms. The Morgan fingerprint density at radius 1 is 1.48 bits per heavy atom. The minimum Gasteiger partial charge on any atom is -0.481 e. The quantitative estimate of drug-likeness (QED) is 0.844. The smallest absolute Gasteiger partial charge is 0.318 e. The number of rotatable bonds is 6. The normalized spacial score (nSPS) is 15.6. The maximum absolute atomic E-state index is 12.3. The van der Waals surface area contributed by atoms with Crippen LogP contribution in [0.1, 0.15) is 49.3 Å². The third kappa shape index (κ3) is 4.00. The summed E-state index contributed by atoms with van der Waals surface area (Å²) in [7, 11) is 0. The van der Waals surface area contributed by atoms with Gasteiger partial charge in [-0.1, -0.05) is 0 Å². The number of carboxylic acids is 1. The van der Waals surface area contributed by atoms with Gasteiger partial charge in [-0.15, -0.1) is 0 Å². The van der Waals surface area contributed by atoms with E-state index in [1.165, 1.54) is 0 Å². The van der Waals surface area contributed by atoms with Gasteiger partial charge in [0.05, 0.1) is 12.5 Å². The number of aliphatic carboxylic acids is 1. The number of aryl methyl sites for hydroxylation is 2. The van der Waals surface area contributed by atoms with E-state index in [2.05, 4.69) is 5.32 Å². The number of furan rings is 1. The van der Waals surface area contributed by atoms with Gasteiger partial charge in [-0.05, 0) is 39.7 Å². The highest BCUT2D eigenvalue weighted by atomic mass is 16.4. The first-order valence-electron chi connectivity index (χ1n) is 7.24. The molecule has 1 atom stereocenters. The van der Waals surface area contributed by atoms with E-state index in [0.717, 1.165) is 29.9 Å². The summed E-state index contributed by atoms with van der Waals surface area (Å²) in [6.07, 6.45) is 1.87. The topological polar surface area (TPSA) is 82.8 Å². The van der Waals surface area contributed by atoms with Crippen LogP contribution in [0.5, 0.6) is 0 Å². The maximum Gasteiger partial charge on any atom is 0.318 e. The van der Waals surface area contributed by atoms with Gasteiger partial charge in [0.15, 0.2) is 0 Å². The number of carbonyl (C=O) groups is 2. The number of amides is 2. The lowest BCUT2D eigenvalue weighted by atomic mass is 10.1. The highest BCUT2D eigenvalue weighted by molar-refractivity contribution is 5.76. The van der Waals surface area contributed by atoms with Crippen molar-refractivity contribution in [2.75, 3.05) is 6.54 Å². The van der Waals surface area contributed by atoms with Crippen LogP contribution in [0.4, 0.5) is 4.79 Å². The molecule has 1 unspecified atom stereocenters. The molecule has 1 heterocycles. The zero-order valence-electron chi connectivity index (χ0n) is 12.7. The highest BCUT2D eigenvalue weighted by Gasteiger charge is 2.33. The predicted octanol–water partition coefficient (Wildman–Crippen LogP) is 2.61.